The minimum Gasteiger partial charge on any atom is -0.478 e. The van der Waals surface area contributed by atoms with E-state index >= 15 is 0 Å². The molecule has 2 atom stereocenters. The number of amides is 2. The quantitative estimate of drug-likeness (QED) is 0.619. The van der Waals surface area contributed by atoms with Gasteiger partial charge in [-0.2, -0.15) is 0 Å². The number of carbonyl (C=O) groups excluding carboxylic acids is 2. The van der Waals surface area contributed by atoms with Crippen LogP contribution in [-0.4, -0.2) is 29.4 Å². The summed E-state index contributed by atoms with van der Waals surface area (Å²) in [5, 5.41) is 5.94. The maximum absolute atomic E-state index is 13.1. The second kappa shape index (κ2) is 8.89. The van der Waals surface area contributed by atoms with Crippen LogP contribution >= 0.6 is 11.3 Å². The van der Waals surface area contributed by atoms with Crippen LogP contribution in [0.15, 0.2) is 53.9 Å². The molecule has 6 nitrogen and oxygen atoms in total. The van der Waals surface area contributed by atoms with Crippen LogP contribution in [0.5, 0.6) is 5.75 Å². The Morgan fingerprint density at radius 2 is 2.03 bits per heavy atom. The molecule has 2 amide bonds. The van der Waals surface area contributed by atoms with Crippen LogP contribution in [0.1, 0.15) is 36.9 Å². The summed E-state index contributed by atoms with van der Waals surface area (Å²) in [6, 6.07) is 15.3. The summed E-state index contributed by atoms with van der Waals surface area (Å²) < 4.78 is 5.91. The van der Waals surface area contributed by atoms with Crippen LogP contribution < -0.4 is 15.0 Å². The molecular formula is C24H25N3O3S. The highest BCUT2D eigenvalue weighted by Gasteiger charge is 2.35. The molecule has 2 aromatic carbocycles. The zero-order valence-electron chi connectivity index (χ0n) is 17.8. The molecule has 2 unspecified atom stereocenters. The topological polar surface area (TPSA) is 71.5 Å². The first-order chi connectivity index (χ1) is 15.0. The monoisotopic (exact) mass is 435 g/mol. The fourth-order valence-electron chi connectivity index (χ4n) is 3.66. The fourth-order valence-corrected chi connectivity index (χ4v) is 4.28. The second-order valence-electron chi connectivity index (χ2n) is 7.57. The molecule has 31 heavy (non-hydrogen) atoms. The van der Waals surface area contributed by atoms with Gasteiger partial charge in [-0.1, -0.05) is 37.3 Å². The molecular weight excluding hydrogens is 410 g/mol. The first-order valence-corrected chi connectivity index (χ1v) is 11.2. The van der Waals surface area contributed by atoms with E-state index in [9.17, 15) is 9.59 Å². The van der Waals surface area contributed by atoms with Gasteiger partial charge in [0.25, 0.3) is 5.91 Å². The molecule has 1 aliphatic heterocycles. The lowest BCUT2D eigenvalue weighted by atomic mass is 10.1. The summed E-state index contributed by atoms with van der Waals surface area (Å²) in [7, 11) is 0. The molecule has 160 valence electrons. The van der Waals surface area contributed by atoms with Crippen LogP contribution in [0, 0.1) is 6.92 Å². The Morgan fingerprint density at radius 3 is 2.71 bits per heavy atom. The van der Waals surface area contributed by atoms with E-state index < -0.39 is 6.10 Å². The molecule has 0 radical (unpaired) electrons. The number of hydrogen-bond acceptors (Lipinski definition) is 5. The number of ether oxygens (including phenoxy) is 1. The van der Waals surface area contributed by atoms with Crippen molar-refractivity contribution in [3.63, 3.8) is 0 Å². The highest BCUT2D eigenvalue weighted by Crippen LogP contribution is 2.38. The average Bonchev–Trinajstić information content (AvgIpc) is 3.22. The van der Waals surface area contributed by atoms with E-state index in [-0.39, 0.29) is 24.4 Å². The van der Waals surface area contributed by atoms with Gasteiger partial charge in [-0.25, -0.2) is 4.98 Å². The van der Waals surface area contributed by atoms with Crippen molar-refractivity contribution >= 4 is 28.8 Å². The van der Waals surface area contributed by atoms with Crippen LogP contribution in [0.3, 0.4) is 0 Å². The van der Waals surface area contributed by atoms with Crippen molar-refractivity contribution in [3.8, 4) is 17.0 Å². The minimum atomic E-state index is -0.598. The van der Waals surface area contributed by atoms with Gasteiger partial charge in [0.2, 0.25) is 5.91 Å². The minimum absolute atomic E-state index is 0.0671. The van der Waals surface area contributed by atoms with E-state index in [1.165, 1.54) is 4.90 Å². The van der Waals surface area contributed by atoms with Gasteiger partial charge in [0.1, 0.15) is 12.3 Å². The number of carbonyl (C=O) groups is 2. The summed E-state index contributed by atoms with van der Waals surface area (Å²) >= 11 is 1.57. The van der Waals surface area contributed by atoms with Gasteiger partial charge in [-0.05, 0) is 44.0 Å². The number of aryl methyl sites for hydroxylation is 1. The highest BCUT2D eigenvalue weighted by molar-refractivity contribution is 7.09. The molecule has 0 spiro atoms. The van der Waals surface area contributed by atoms with Gasteiger partial charge in [-0.15, -0.1) is 11.3 Å². The molecule has 0 bridgehead atoms. The molecule has 0 aliphatic carbocycles. The Hall–Kier alpha value is -3.19. The van der Waals surface area contributed by atoms with Crippen LogP contribution in [0.2, 0.25) is 0 Å². The van der Waals surface area contributed by atoms with Crippen LogP contribution in [0.4, 0.5) is 5.69 Å². The Labute approximate surface area is 185 Å². The lowest BCUT2D eigenvalue weighted by Gasteiger charge is -2.34. The molecule has 7 heteroatoms. The van der Waals surface area contributed by atoms with E-state index in [0.717, 1.165) is 21.8 Å². The third kappa shape index (κ3) is 4.46. The smallest absolute Gasteiger partial charge is 0.268 e. The molecule has 3 aromatic rings. The van der Waals surface area contributed by atoms with Crippen LogP contribution in [0.25, 0.3) is 11.3 Å². The standard InChI is InChI=1S/C24H25N3O3S/c1-4-21-24(29)27(13-23(28)25-15(2)17-8-6-5-7-9-17)20-12-18(10-11-22(20)30-21)19-14-31-16(3)26-19/h5-12,14-15,21H,4,13H2,1-3H3,(H,25,28). The number of thiazole rings is 1. The van der Waals surface area contributed by atoms with E-state index in [2.05, 4.69) is 10.3 Å². The zero-order valence-corrected chi connectivity index (χ0v) is 18.6. The summed E-state index contributed by atoms with van der Waals surface area (Å²) in [5.74, 6) is 0.178. The van der Waals surface area contributed by atoms with Gasteiger partial charge in [0.15, 0.2) is 6.10 Å². The predicted molar refractivity (Wildman–Crippen MR) is 122 cm³/mol. The Morgan fingerprint density at radius 1 is 1.26 bits per heavy atom. The van der Waals surface area contributed by atoms with E-state index in [1.54, 1.807) is 11.3 Å². The highest BCUT2D eigenvalue weighted by atomic mass is 32.1. The summed E-state index contributed by atoms with van der Waals surface area (Å²) in [4.78, 5) is 32.0. The largest absolute Gasteiger partial charge is 0.478 e. The summed E-state index contributed by atoms with van der Waals surface area (Å²) in [5.41, 5.74) is 3.34. The average molecular weight is 436 g/mol. The Bertz CT molecular complexity index is 1100. The van der Waals surface area contributed by atoms with Gasteiger partial charge in [0, 0.05) is 10.9 Å². The van der Waals surface area contributed by atoms with Gasteiger partial charge < -0.3 is 10.1 Å². The Balaban J connectivity index is 1.60. The van der Waals surface area contributed by atoms with Crippen molar-refractivity contribution in [1.29, 1.82) is 0 Å². The number of nitrogens with zero attached hydrogens (tertiary/aromatic N) is 2. The maximum atomic E-state index is 13.1. The maximum Gasteiger partial charge on any atom is 0.268 e. The van der Waals surface area contributed by atoms with Crippen molar-refractivity contribution in [3.05, 3.63) is 64.5 Å². The number of rotatable bonds is 6. The van der Waals surface area contributed by atoms with Crippen molar-refractivity contribution in [2.24, 2.45) is 0 Å². The fraction of sp³-hybridized carbons (Fsp3) is 0.292. The zero-order chi connectivity index (χ0) is 22.0. The molecule has 0 saturated carbocycles. The first-order valence-electron chi connectivity index (χ1n) is 10.3. The third-order valence-electron chi connectivity index (χ3n) is 5.32. The van der Waals surface area contributed by atoms with Gasteiger partial charge in [0.05, 0.1) is 22.4 Å². The molecule has 1 aliphatic rings. The van der Waals surface area contributed by atoms with Crippen molar-refractivity contribution < 1.29 is 14.3 Å². The van der Waals surface area contributed by atoms with Crippen molar-refractivity contribution in [2.45, 2.75) is 39.3 Å². The number of fused-ring (bicyclic) bond motifs is 1. The van der Waals surface area contributed by atoms with E-state index in [1.807, 2.05) is 74.7 Å². The normalized spacial score (nSPS) is 16.4. The molecule has 4 rings (SSSR count). The Kier molecular flexibility index (Phi) is 6.04. The SMILES string of the molecule is CCC1Oc2ccc(-c3csc(C)n3)cc2N(CC(=O)NC(C)c2ccccc2)C1=O. The number of nitrogens with one attached hydrogen (secondary N) is 1. The lowest BCUT2D eigenvalue weighted by molar-refractivity contribution is -0.129. The van der Waals surface area contributed by atoms with Crippen LogP contribution in [-0.2, 0) is 9.59 Å². The predicted octanol–water partition coefficient (Wildman–Crippen LogP) is 4.50. The summed E-state index contributed by atoms with van der Waals surface area (Å²) in [6.45, 7) is 5.72. The molecule has 1 N–H and O–H groups in total. The molecule has 2 heterocycles. The van der Waals surface area contributed by atoms with Crippen molar-refractivity contribution in [1.82, 2.24) is 10.3 Å². The number of aromatic nitrogens is 1. The van der Waals surface area contributed by atoms with Gasteiger partial charge in [-0.3, -0.25) is 14.5 Å². The summed E-state index contributed by atoms with van der Waals surface area (Å²) in [6.07, 6.45) is -0.0664. The number of hydrogen-bond donors (Lipinski definition) is 1. The van der Waals surface area contributed by atoms with E-state index in [4.69, 9.17) is 4.74 Å². The molecule has 1 aromatic heterocycles. The van der Waals surface area contributed by atoms with E-state index in [0.29, 0.717) is 17.9 Å². The number of benzene rings is 2. The second-order valence-corrected chi connectivity index (χ2v) is 8.64. The number of anilines is 1. The van der Waals surface area contributed by atoms with Crippen molar-refractivity contribution in [2.75, 3.05) is 11.4 Å². The third-order valence-corrected chi connectivity index (χ3v) is 6.10. The molecule has 0 fully saturated rings. The first kappa shape index (κ1) is 21.1. The lowest BCUT2D eigenvalue weighted by Crippen LogP contribution is -2.49. The molecule has 0 saturated heterocycles. The van der Waals surface area contributed by atoms with Gasteiger partial charge >= 0.3 is 0 Å².